The molecule has 0 fully saturated rings. The fourth-order valence-electron chi connectivity index (χ4n) is 2.44. The van der Waals surface area contributed by atoms with Crippen LogP contribution < -0.4 is 5.32 Å². The van der Waals surface area contributed by atoms with Crippen LogP contribution in [0.5, 0.6) is 0 Å². The maximum Gasteiger partial charge on any atom is 0.0439 e. The van der Waals surface area contributed by atoms with E-state index >= 15 is 0 Å². The van der Waals surface area contributed by atoms with E-state index in [0.717, 1.165) is 39.7 Å². The summed E-state index contributed by atoms with van der Waals surface area (Å²) in [4.78, 5) is 0. The summed E-state index contributed by atoms with van der Waals surface area (Å²) in [6, 6.07) is 11.8. The minimum atomic E-state index is 0.156. The molecule has 0 aromatic heterocycles. The molecular formula is C17H18Cl3N. The van der Waals surface area contributed by atoms with E-state index in [1.807, 2.05) is 31.2 Å². The molecule has 0 amide bonds. The Morgan fingerprint density at radius 1 is 1.00 bits per heavy atom. The summed E-state index contributed by atoms with van der Waals surface area (Å²) in [6.07, 6.45) is 0.771. The molecule has 4 heteroatoms. The van der Waals surface area contributed by atoms with Gasteiger partial charge in [0.25, 0.3) is 0 Å². The van der Waals surface area contributed by atoms with Crippen molar-refractivity contribution in [1.82, 2.24) is 5.32 Å². The third kappa shape index (κ3) is 4.62. The second-order valence-electron chi connectivity index (χ2n) is 5.11. The first-order chi connectivity index (χ1) is 9.99. The lowest BCUT2D eigenvalue weighted by Crippen LogP contribution is -2.23. The molecule has 112 valence electrons. The molecule has 0 heterocycles. The largest absolute Gasteiger partial charge is 0.310 e. The van der Waals surface area contributed by atoms with Gasteiger partial charge in [0.1, 0.15) is 0 Å². The van der Waals surface area contributed by atoms with Crippen LogP contribution in [-0.4, -0.2) is 6.54 Å². The van der Waals surface area contributed by atoms with Crippen molar-refractivity contribution >= 4 is 34.8 Å². The molecule has 1 atom stereocenters. The van der Waals surface area contributed by atoms with E-state index in [0.29, 0.717) is 5.02 Å². The summed E-state index contributed by atoms with van der Waals surface area (Å²) in [5.74, 6) is 0. The third-order valence-corrected chi connectivity index (χ3v) is 4.17. The van der Waals surface area contributed by atoms with Gasteiger partial charge in [0, 0.05) is 21.1 Å². The number of hydrogen-bond acceptors (Lipinski definition) is 1. The minimum Gasteiger partial charge on any atom is -0.310 e. The van der Waals surface area contributed by atoms with Crippen molar-refractivity contribution in [3.05, 3.63) is 68.2 Å². The summed E-state index contributed by atoms with van der Waals surface area (Å²) < 4.78 is 0. The zero-order valence-corrected chi connectivity index (χ0v) is 14.4. The Balaban J connectivity index is 2.32. The predicted molar refractivity (Wildman–Crippen MR) is 92.8 cm³/mol. The Hall–Kier alpha value is -0.730. The average Bonchev–Trinajstić information content (AvgIpc) is 2.41. The lowest BCUT2D eigenvalue weighted by molar-refractivity contribution is 0.549. The van der Waals surface area contributed by atoms with E-state index in [1.165, 1.54) is 0 Å². The Morgan fingerprint density at radius 3 is 2.43 bits per heavy atom. The van der Waals surface area contributed by atoms with Crippen LogP contribution in [0.4, 0.5) is 0 Å². The van der Waals surface area contributed by atoms with Gasteiger partial charge in [-0.15, -0.1) is 0 Å². The lowest BCUT2D eigenvalue weighted by atomic mass is 9.97. The van der Waals surface area contributed by atoms with Crippen molar-refractivity contribution in [1.29, 1.82) is 0 Å². The standard InChI is InChI=1S/C17H18Cl3N/c1-3-21-17(13-6-11(2)7-15(19)9-13)10-12-8-14(18)4-5-16(12)20/h4-9,17,21H,3,10H2,1-2H3. The maximum atomic E-state index is 6.28. The van der Waals surface area contributed by atoms with Gasteiger partial charge in [-0.1, -0.05) is 47.8 Å². The number of nitrogens with one attached hydrogen (secondary N) is 1. The van der Waals surface area contributed by atoms with Gasteiger partial charge in [-0.3, -0.25) is 0 Å². The molecule has 1 unspecified atom stereocenters. The van der Waals surface area contributed by atoms with Gasteiger partial charge in [0.2, 0.25) is 0 Å². The molecule has 2 aromatic rings. The lowest BCUT2D eigenvalue weighted by Gasteiger charge is -2.20. The normalized spacial score (nSPS) is 12.4. The number of rotatable bonds is 5. The summed E-state index contributed by atoms with van der Waals surface area (Å²) in [7, 11) is 0. The second-order valence-corrected chi connectivity index (χ2v) is 6.39. The first-order valence-corrected chi connectivity index (χ1v) is 8.07. The number of hydrogen-bond donors (Lipinski definition) is 1. The van der Waals surface area contributed by atoms with Gasteiger partial charge in [0.15, 0.2) is 0 Å². The molecule has 2 rings (SSSR count). The number of benzene rings is 2. The van der Waals surface area contributed by atoms with Gasteiger partial charge in [-0.2, -0.15) is 0 Å². The Bertz CT molecular complexity index is 605. The molecule has 1 N–H and O–H groups in total. The first kappa shape index (κ1) is 16.6. The van der Waals surface area contributed by atoms with Crippen LogP contribution in [0.15, 0.2) is 36.4 Å². The molecule has 0 bridgehead atoms. The van der Waals surface area contributed by atoms with Crippen molar-refractivity contribution in [2.45, 2.75) is 26.3 Å². The number of halogens is 3. The van der Waals surface area contributed by atoms with Crippen molar-refractivity contribution in [2.75, 3.05) is 6.54 Å². The fourth-order valence-corrected chi connectivity index (χ4v) is 3.13. The van der Waals surface area contributed by atoms with E-state index < -0.39 is 0 Å². The van der Waals surface area contributed by atoms with Crippen LogP contribution >= 0.6 is 34.8 Å². The highest BCUT2D eigenvalue weighted by Gasteiger charge is 2.14. The van der Waals surface area contributed by atoms with Crippen LogP contribution in [0.1, 0.15) is 29.7 Å². The summed E-state index contributed by atoms with van der Waals surface area (Å²) in [5.41, 5.74) is 3.35. The molecule has 0 aliphatic rings. The van der Waals surface area contributed by atoms with Gasteiger partial charge in [-0.25, -0.2) is 0 Å². The molecule has 21 heavy (non-hydrogen) atoms. The average molecular weight is 343 g/mol. The van der Waals surface area contributed by atoms with Crippen molar-refractivity contribution < 1.29 is 0 Å². The van der Waals surface area contributed by atoms with E-state index in [1.54, 1.807) is 6.07 Å². The summed E-state index contributed by atoms with van der Waals surface area (Å²) >= 11 is 18.5. The SMILES string of the molecule is CCNC(Cc1cc(Cl)ccc1Cl)c1cc(C)cc(Cl)c1. The van der Waals surface area contributed by atoms with E-state index in [9.17, 15) is 0 Å². The number of likely N-dealkylation sites (N-methyl/N-ethyl adjacent to an activating group) is 1. The zero-order chi connectivity index (χ0) is 15.4. The van der Waals surface area contributed by atoms with E-state index in [4.69, 9.17) is 34.8 Å². The summed E-state index contributed by atoms with van der Waals surface area (Å²) in [6.45, 7) is 5.00. The highest BCUT2D eigenvalue weighted by atomic mass is 35.5. The van der Waals surface area contributed by atoms with Crippen LogP contribution in [0.2, 0.25) is 15.1 Å². The highest BCUT2D eigenvalue weighted by Crippen LogP contribution is 2.28. The van der Waals surface area contributed by atoms with E-state index in [2.05, 4.69) is 18.3 Å². The van der Waals surface area contributed by atoms with Gasteiger partial charge < -0.3 is 5.32 Å². The number of aryl methyl sites for hydroxylation is 1. The van der Waals surface area contributed by atoms with E-state index in [-0.39, 0.29) is 6.04 Å². The molecule has 0 saturated carbocycles. The Kier molecular flexibility index (Phi) is 5.95. The molecular weight excluding hydrogens is 325 g/mol. The summed E-state index contributed by atoms with van der Waals surface area (Å²) in [5, 5.41) is 5.68. The maximum absolute atomic E-state index is 6.28. The van der Waals surface area contributed by atoms with Crippen LogP contribution in [0, 0.1) is 6.92 Å². The molecule has 0 aliphatic heterocycles. The van der Waals surface area contributed by atoms with Gasteiger partial charge in [-0.05, 0) is 66.9 Å². The Morgan fingerprint density at radius 2 is 1.76 bits per heavy atom. The monoisotopic (exact) mass is 341 g/mol. The third-order valence-electron chi connectivity index (χ3n) is 3.35. The van der Waals surface area contributed by atoms with Crippen LogP contribution in [0.3, 0.4) is 0 Å². The van der Waals surface area contributed by atoms with Crippen LogP contribution in [-0.2, 0) is 6.42 Å². The van der Waals surface area contributed by atoms with Gasteiger partial charge in [0.05, 0.1) is 0 Å². The molecule has 1 nitrogen and oxygen atoms in total. The molecule has 2 aromatic carbocycles. The minimum absolute atomic E-state index is 0.156. The molecule has 0 saturated heterocycles. The molecule has 0 spiro atoms. The highest BCUT2D eigenvalue weighted by molar-refractivity contribution is 6.33. The zero-order valence-electron chi connectivity index (χ0n) is 12.1. The molecule has 0 aliphatic carbocycles. The quantitative estimate of drug-likeness (QED) is 0.719. The topological polar surface area (TPSA) is 12.0 Å². The van der Waals surface area contributed by atoms with Crippen molar-refractivity contribution in [3.8, 4) is 0 Å². The fraction of sp³-hybridized carbons (Fsp3) is 0.294. The molecule has 0 radical (unpaired) electrons. The van der Waals surface area contributed by atoms with Crippen LogP contribution in [0.25, 0.3) is 0 Å². The first-order valence-electron chi connectivity index (χ1n) is 6.94. The predicted octanol–water partition coefficient (Wildman–Crippen LogP) is 5.85. The van der Waals surface area contributed by atoms with Gasteiger partial charge >= 0.3 is 0 Å². The van der Waals surface area contributed by atoms with Crippen molar-refractivity contribution in [3.63, 3.8) is 0 Å². The second kappa shape index (κ2) is 7.51. The van der Waals surface area contributed by atoms with Crippen molar-refractivity contribution in [2.24, 2.45) is 0 Å². The Labute approximate surface area is 141 Å². The smallest absolute Gasteiger partial charge is 0.0439 e.